The van der Waals surface area contributed by atoms with Gasteiger partial charge in [0.15, 0.2) is 5.89 Å². The van der Waals surface area contributed by atoms with Gasteiger partial charge >= 0.3 is 5.63 Å². The van der Waals surface area contributed by atoms with Crippen molar-refractivity contribution in [1.82, 2.24) is 4.98 Å². The van der Waals surface area contributed by atoms with Crippen LogP contribution in [-0.4, -0.2) is 27.4 Å². The second kappa shape index (κ2) is 9.34. The van der Waals surface area contributed by atoms with Gasteiger partial charge in [-0.3, -0.25) is 0 Å². The molecule has 10 atom stereocenters. The van der Waals surface area contributed by atoms with Gasteiger partial charge in [0.05, 0.1) is 23.1 Å². The molecular weight excluding hydrogens is 486 g/mol. The van der Waals surface area contributed by atoms with Gasteiger partial charge in [0.2, 0.25) is 0 Å². The molecule has 1 aromatic heterocycles. The van der Waals surface area contributed by atoms with Crippen molar-refractivity contribution in [2.24, 2.45) is 46.3 Å². The first-order valence-electron chi connectivity index (χ1n) is 14.6. The molecule has 1 unspecified atom stereocenters. The fourth-order valence-corrected chi connectivity index (χ4v) is 10.1. The number of aliphatic hydroxyl groups excluding tert-OH is 2. The first-order valence-corrected chi connectivity index (χ1v) is 14.9. The normalized spacial score (nSPS) is 42.2. The van der Waals surface area contributed by atoms with Crippen LogP contribution in [0.5, 0.6) is 0 Å². The summed E-state index contributed by atoms with van der Waals surface area (Å²) < 4.78 is 5.57. The van der Waals surface area contributed by atoms with Crippen molar-refractivity contribution in [3.8, 4) is 0 Å². The van der Waals surface area contributed by atoms with E-state index in [0.29, 0.717) is 63.7 Å². The fraction of sp³-hybridized carbons (Fsp3) is 0.742. The topological polar surface area (TPSA) is 83.6 Å². The van der Waals surface area contributed by atoms with Gasteiger partial charge in [-0.25, -0.2) is 9.78 Å². The molecule has 0 spiro atoms. The predicted molar refractivity (Wildman–Crippen MR) is 145 cm³/mol. The number of aromatic nitrogens is 1. The molecule has 2 aromatic rings. The molecule has 4 aliphatic rings. The van der Waals surface area contributed by atoms with E-state index < -0.39 is 0 Å². The number of nitrogens with zero attached hydrogens (tertiary/aromatic N) is 1. The molecule has 5 nitrogen and oxygen atoms in total. The lowest BCUT2D eigenvalue weighted by atomic mass is 9.43. The summed E-state index contributed by atoms with van der Waals surface area (Å²) in [5.74, 6) is 3.60. The number of hydrogen-bond acceptors (Lipinski definition) is 5. The Labute approximate surface area is 225 Å². The fourth-order valence-electron chi connectivity index (χ4n) is 9.92. The van der Waals surface area contributed by atoms with E-state index in [0.717, 1.165) is 32.1 Å². The maximum Gasteiger partial charge on any atom is 0.346 e. The zero-order chi connectivity index (χ0) is 26.1. The van der Waals surface area contributed by atoms with Gasteiger partial charge in [-0.1, -0.05) is 32.4 Å². The van der Waals surface area contributed by atoms with Crippen LogP contribution in [0.1, 0.15) is 84.4 Å². The summed E-state index contributed by atoms with van der Waals surface area (Å²) in [7, 11) is 0. The molecule has 0 bridgehead atoms. The number of benzene rings is 1. The number of aliphatic hydroxyl groups is 2. The minimum Gasteiger partial charge on any atom is -0.408 e. The van der Waals surface area contributed by atoms with Crippen molar-refractivity contribution in [3.05, 3.63) is 39.5 Å². The first kappa shape index (κ1) is 25.8. The molecule has 0 amide bonds. The Hall–Kier alpha value is -1.43. The van der Waals surface area contributed by atoms with Crippen molar-refractivity contribution in [3.63, 3.8) is 0 Å². The Kier molecular flexibility index (Phi) is 6.52. The second-order valence-electron chi connectivity index (χ2n) is 13.5. The van der Waals surface area contributed by atoms with Crippen molar-refractivity contribution in [2.45, 2.75) is 97.2 Å². The quantitative estimate of drug-likeness (QED) is 0.480. The van der Waals surface area contributed by atoms with E-state index in [1.165, 1.54) is 25.7 Å². The lowest BCUT2D eigenvalue weighted by Gasteiger charge is -2.62. The van der Waals surface area contributed by atoms with Crippen LogP contribution in [0, 0.1) is 46.3 Å². The number of rotatable bonds is 4. The van der Waals surface area contributed by atoms with Gasteiger partial charge < -0.3 is 14.6 Å². The Balaban J connectivity index is 1.18. The summed E-state index contributed by atoms with van der Waals surface area (Å²) in [6.45, 7) is 7.34. The maximum absolute atomic E-state index is 12.5. The highest BCUT2D eigenvalue weighted by Gasteiger charge is 2.62. The van der Waals surface area contributed by atoms with Crippen molar-refractivity contribution in [1.29, 1.82) is 0 Å². The molecule has 1 aromatic carbocycles. The number of aryl methyl sites for hydroxylation is 1. The summed E-state index contributed by atoms with van der Waals surface area (Å²) in [6, 6.07) is 5.17. The van der Waals surface area contributed by atoms with Gasteiger partial charge in [0.25, 0.3) is 0 Å². The molecule has 2 N–H and O–H groups in total. The van der Waals surface area contributed by atoms with Crippen LogP contribution >= 0.6 is 11.6 Å². The second-order valence-corrected chi connectivity index (χ2v) is 14.0. The van der Waals surface area contributed by atoms with Crippen molar-refractivity contribution >= 4 is 22.5 Å². The smallest absolute Gasteiger partial charge is 0.346 e. The zero-order valence-electron chi connectivity index (χ0n) is 22.5. The highest BCUT2D eigenvalue weighted by Crippen LogP contribution is 2.68. The van der Waals surface area contributed by atoms with Crippen LogP contribution in [0.2, 0.25) is 5.02 Å². The van der Waals surface area contributed by atoms with E-state index in [1.54, 1.807) is 18.2 Å². The average molecular weight is 528 g/mol. The molecule has 0 saturated heterocycles. The van der Waals surface area contributed by atoms with Crippen LogP contribution in [0.3, 0.4) is 0 Å². The van der Waals surface area contributed by atoms with Crippen LogP contribution in [0.4, 0.5) is 0 Å². The van der Waals surface area contributed by atoms with Crippen LogP contribution < -0.4 is 5.63 Å². The van der Waals surface area contributed by atoms with Crippen LogP contribution in [-0.2, 0) is 6.42 Å². The number of hydrogen-bond donors (Lipinski definition) is 2. The Morgan fingerprint density at radius 3 is 2.65 bits per heavy atom. The largest absolute Gasteiger partial charge is 0.408 e. The molecule has 4 aliphatic carbocycles. The average Bonchev–Trinajstić information content (AvgIpc) is 3.21. The zero-order valence-corrected chi connectivity index (χ0v) is 23.2. The molecule has 0 radical (unpaired) electrons. The predicted octanol–water partition coefficient (Wildman–Crippen LogP) is 6.40. The summed E-state index contributed by atoms with van der Waals surface area (Å²) in [6.07, 6.45) is 9.76. The maximum atomic E-state index is 12.5. The first-order chi connectivity index (χ1) is 17.6. The summed E-state index contributed by atoms with van der Waals surface area (Å²) in [5, 5.41) is 22.7. The third-order valence-electron chi connectivity index (χ3n) is 11.9. The number of halogens is 1. The monoisotopic (exact) mass is 527 g/mol. The molecule has 4 saturated carbocycles. The molecule has 1 heterocycles. The third kappa shape index (κ3) is 4.19. The minimum atomic E-state index is -0.366. The molecule has 6 rings (SSSR count). The molecular formula is C31H42ClNO4. The van der Waals surface area contributed by atoms with Gasteiger partial charge in [-0.15, -0.1) is 0 Å². The van der Waals surface area contributed by atoms with Crippen LogP contribution in [0.15, 0.2) is 27.4 Å². The van der Waals surface area contributed by atoms with E-state index in [2.05, 4.69) is 25.8 Å². The van der Waals surface area contributed by atoms with Crippen molar-refractivity contribution < 1.29 is 14.6 Å². The summed E-state index contributed by atoms with van der Waals surface area (Å²) >= 11 is 6.04. The van der Waals surface area contributed by atoms with Crippen LogP contribution in [0.25, 0.3) is 10.9 Å². The summed E-state index contributed by atoms with van der Waals surface area (Å²) in [5.41, 5.74) is 0.780. The number of fused-ring (bicyclic) bond motifs is 6. The SMILES string of the molecule is C[C@H](CCc1nc2ccc(Cl)cc2c(=O)o1)[C@H]1CC[C@H]2[C@H]3C(CC[C@]12C)[C@@]1(C)CC[C@@H](O)C[C@H]1C[C@@H]3O. The molecule has 37 heavy (non-hydrogen) atoms. The molecule has 4 fully saturated rings. The Morgan fingerprint density at radius 2 is 1.84 bits per heavy atom. The lowest BCUT2D eigenvalue weighted by Crippen LogP contribution is -2.58. The lowest BCUT2D eigenvalue weighted by molar-refractivity contribution is -0.174. The Bertz CT molecular complexity index is 1230. The van der Waals surface area contributed by atoms with E-state index in [9.17, 15) is 15.0 Å². The molecule has 0 aliphatic heterocycles. The van der Waals surface area contributed by atoms with Crippen molar-refractivity contribution in [2.75, 3.05) is 0 Å². The standard InChI is InChI=1S/C31H42ClNO4/c1-17(4-9-27-33-25-8-5-19(32)16-21(25)29(36)37-27)22-6-7-23-28-24(11-13-31(22,23)3)30(2)12-10-20(34)14-18(30)15-26(28)35/h5,8,16-18,20,22-24,26,28,34-35H,4,6-7,9-15H2,1-3H3/t17-,18+,20-,22-,23+,24?,26+,28+,30+,31-/m1/s1. The van der Waals surface area contributed by atoms with E-state index in [1.807, 2.05) is 0 Å². The minimum absolute atomic E-state index is 0.188. The summed E-state index contributed by atoms with van der Waals surface area (Å²) in [4.78, 5) is 17.1. The highest BCUT2D eigenvalue weighted by molar-refractivity contribution is 6.31. The van der Waals surface area contributed by atoms with Gasteiger partial charge in [0, 0.05) is 11.4 Å². The van der Waals surface area contributed by atoms with E-state index >= 15 is 0 Å². The van der Waals surface area contributed by atoms with Gasteiger partial charge in [0.1, 0.15) is 0 Å². The Morgan fingerprint density at radius 1 is 1.08 bits per heavy atom. The molecule has 202 valence electrons. The highest BCUT2D eigenvalue weighted by atomic mass is 35.5. The third-order valence-corrected chi connectivity index (χ3v) is 12.1. The van der Waals surface area contributed by atoms with E-state index in [-0.39, 0.29) is 28.7 Å². The van der Waals surface area contributed by atoms with Gasteiger partial charge in [-0.05, 0) is 122 Å². The molecule has 6 heteroatoms. The van der Waals surface area contributed by atoms with Gasteiger partial charge in [-0.2, -0.15) is 0 Å². The van der Waals surface area contributed by atoms with E-state index in [4.69, 9.17) is 16.0 Å².